The van der Waals surface area contributed by atoms with Crippen LogP contribution >= 0.6 is 0 Å². The molecule has 4 heterocycles. The molecule has 138 valence electrons. The molecule has 26 heavy (non-hydrogen) atoms. The normalized spacial score (nSPS) is 21.7. The lowest BCUT2D eigenvalue weighted by molar-refractivity contribution is 0.105. The van der Waals surface area contributed by atoms with Crippen molar-refractivity contribution >= 4 is 5.65 Å². The second kappa shape index (κ2) is 6.44. The van der Waals surface area contributed by atoms with E-state index in [2.05, 4.69) is 45.8 Å². The Morgan fingerprint density at radius 2 is 2.12 bits per heavy atom. The van der Waals surface area contributed by atoms with Gasteiger partial charge in [0.2, 0.25) is 5.89 Å². The van der Waals surface area contributed by atoms with Crippen LogP contribution in [0.1, 0.15) is 50.7 Å². The highest BCUT2D eigenvalue weighted by molar-refractivity contribution is 5.34. The van der Waals surface area contributed by atoms with Crippen LogP contribution in [0.15, 0.2) is 29.2 Å². The zero-order valence-corrected chi connectivity index (χ0v) is 15.6. The molecule has 0 unspecified atom stereocenters. The molecule has 0 spiro atoms. The van der Waals surface area contributed by atoms with Gasteiger partial charge in [-0.3, -0.25) is 14.3 Å². The quantitative estimate of drug-likeness (QED) is 0.710. The van der Waals surface area contributed by atoms with Crippen molar-refractivity contribution in [2.24, 2.45) is 0 Å². The van der Waals surface area contributed by atoms with E-state index < -0.39 is 0 Å². The van der Waals surface area contributed by atoms with Crippen LogP contribution in [-0.4, -0.2) is 49.2 Å². The minimum Gasteiger partial charge on any atom is -0.444 e. The van der Waals surface area contributed by atoms with Crippen LogP contribution in [0, 0.1) is 0 Å². The van der Waals surface area contributed by atoms with Crippen LogP contribution < -0.4 is 0 Å². The van der Waals surface area contributed by atoms with Crippen molar-refractivity contribution in [1.82, 2.24) is 29.5 Å². The summed E-state index contributed by atoms with van der Waals surface area (Å²) >= 11 is 0. The maximum absolute atomic E-state index is 5.99. The molecule has 3 aromatic rings. The van der Waals surface area contributed by atoms with E-state index >= 15 is 0 Å². The summed E-state index contributed by atoms with van der Waals surface area (Å²) in [7, 11) is 1.75. The van der Waals surface area contributed by atoms with Gasteiger partial charge in [0.25, 0.3) is 0 Å². The molecule has 1 saturated heterocycles. The molecule has 0 N–H and O–H groups in total. The Kier molecular flexibility index (Phi) is 4.24. The summed E-state index contributed by atoms with van der Waals surface area (Å²) in [5.41, 5.74) is 0.690. The fraction of sp³-hybridized carbons (Fsp3) is 0.556. The van der Waals surface area contributed by atoms with Gasteiger partial charge in [0, 0.05) is 31.5 Å². The second-order valence-corrected chi connectivity index (χ2v) is 7.77. The third-order valence-corrected chi connectivity index (χ3v) is 4.87. The number of ether oxygens (including phenoxy) is 1. The molecular weight excluding hydrogens is 332 g/mol. The van der Waals surface area contributed by atoms with Crippen LogP contribution in [0.5, 0.6) is 0 Å². The smallest absolute Gasteiger partial charge is 0.208 e. The Bertz CT molecular complexity index is 896. The van der Waals surface area contributed by atoms with Gasteiger partial charge in [-0.2, -0.15) is 0 Å². The molecule has 4 rings (SSSR count). The van der Waals surface area contributed by atoms with Crippen molar-refractivity contribution in [2.45, 2.75) is 51.3 Å². The minimum atomic E-state index is -0.0546. The fourth-order valence-electron chi connectivity index (χ4n) is 3.38. The lowest BCUT2D eigenvalue weighted by Gasteiger charge is -2.21. The number of fused-ring (bicyclic) bond motifs is 1. The van der Waals surface area contributed by atoms with E-state index in [9.17, 15) is 0 Å². The summed E-state index contributed by atoms with van der Waals surface area (Å²) in [5.74, 6) is 2.50. The Morgan fingerprint density at radius 1 is 1.27 bits per heavy atom. The molecule has 1 aliphatic rings. The average molecular weight is 356 g/mol. The lowest BCUT2D eigenvalue weighted by atomic mass is 9.94. The van der Waals surface area contributed by atoms with Gasteiger partial charge in [0.05, 0.1) is 31.1 Å². The maximum Gasteiger partial charge on any atom is 0.208 e. The first kappa shape index (κ1) is 17.1. The molecule has 3 aromatic heterocycles. The molecule has 0 bridgehead atoms. The number of rotatable bonds is 4. The van der Waals surface area contributed by atoms with E-state index in [1.807, 2.05) is 16.8 Å². The van der Waals surface area contributed by atoms with Crippen molar-refractivity contribution in [1.29, 1.82) is 0 Å². The van der Waals surface area contributed by atoms with Gasteiger partial charge in [-0.05, 0) is 6.42 Å². The van der Waals surface area contributed by atoms with Crippen LogP contribution in [0.25, 0.3) is 5.65 Å². The summed E-state index contributed by atoms with van der Waals surface area (Å²) in [6.07, 6.45) is 8.18. The second-order valence-electron chi connectivity index (χ2n) is 7.77. The highest BCUT2D eigenvalue weighted by Gasteiger charge is 2.37. The highest BCUT2D eigenvalue weighted by atomic mass is 16.5. The van der Waals surface area contributed by atoms with Gasteiger partial charge in [-0.25, -0.2) is 4.98 Å². The zero-order chi connectivity index (χ0) is 18.3. The van der Waals surface area contributed by atoms with Crippen molar-refractivity contribution < 1.29 is 9.15 Å². The largest absolute Gasteiger partial charge is 0.444 e. The molecule has 1 fully saturated rings. The van der Waals surface area contributed by atoms with Gasteiger partial charge >= 0.3 is 0 Å². The van der Waals surface area contributed by atoms with E-state index in [0.717, 1.165) is 30.2 Å². The lowest BCUT2D eigenvalue weighted by Crippen LogP contribution is -2.26. The third kappa shape index (κ3) is 3.10. The summed E-state index contributed by atoms with van der Waals surface area (Å²) in [4.78, 5) is 10.9. The molecule has 2 atom stereocenters. The predicted octanol–water partition coefficient (Wildman–Crippen LogP) is 2.37. The van der Waals surface area contributed by atoms with Gasteiger partial charge in [0.15, 0.2) is 11.5 Å². The first-order chi connectivity index (χ1) is 12.5. The molecule has 0 radical (unpaired) electrons. The minimum absolute atomic E-state index is 0.0546. The predicted molar refractivity (Wildman–Crippen MR) is 94.6 cm³/mol. The first-order valence-corrected chi connectivity index (χ1v) is 8.82. The molecule has 0 aliphatic carbocycles. The molecule has 0 aromatic carbocycles. The number of nitrogens with zero attached hydrogens (tertiary/aromatic N) is 6. The molecular formula is C18H24N6O2. The Hall–Kier alpha value is -2.32. The number of likely N-dealkylation sites (tertiary alicyclic amines) is 1. The zero-order valence-electron chi connectivity index (χ0n) is 15.6. The van der Waals surface area contributed by atoms with Crippen LogP contribution in [0.2, 0.25) is 0 Å². The summed E-state index contributed by atoms with van der Waals surface area (Å²) in [6.45, 7) is 7.77. The van der Waals surface area contributed by atoms with Crippen LogP contribution in [0.3, 0.4) is 0 Å². The SMILES string of the molecule is CO[C@@H]1C[C@@H](c2nnc3cnccn23)N(Cc2ncc(C(C)(C)C)o2)C1. The number of oxazole rings is 1. The fourth-order valence-corrected chi connectivity index (χ4v) is 3.38. The Morgan fingerprint density at radius 3 is 2.85 bits per heavy atom. The Labute approximate surface area is 152 Å². The van der Waals surface area contributed by atoms with Crippen molar-refractivity contribution in [3.63, 3.8) is 0 Å². The van der Waals surface area contributed by atoms with E-state index in [0.29, 0.717) is 12.4 Å². The summed E-state index contributed by atoms with van der Waals surface area (Å²) in [6, 6.07) is 0.0855. The molecule has 0 amide bonds. The van der Waals surface area contributed by atoms with Gasteiger partial charge in [0.1, 0.15) is 5.76 Å². The first-order valence-electron chi connectivity index (χ1n) is 8.82. The van der Waals surface area contributed by atoms with E-state index in [1.165, 1.54) is 0 Å². The molecule has 8 heteroatoms. The van der Waals surface area contributed by atoms with E-state index in [4.69, 9.17) is 9.15 Å². The van der Waals surface area contributed by atoms with Gasteiger partial charge in [-0.1, -0.05) is 20.8 Å². The summed E-state index contributed by atoms with van der Waals surface area (Å²) in [5, 5.41) is 8.64. The third-order valence-electron chi connectivity index (χ3n) is 4.87. The number of methoxy groups -OCH3 is 1. The van der Waals surface area contributed by atoms with Crippen LogP contribution in [-0.2, 0) is 16.7 Å². The van der Waals surface area contributed by atoms with E-state index in [-0.39, 0.29) is 17.6 Å². The maximum atomic E-state index is 5.99. The van der Waals surface area contributed by atoms with Gasteiger partial charge < -0.3 is 9.15 Å². The van der Waals surface area contributed by atoms with Gasteiger partial charge in [-0.15, -0.1) is 10.2 Å². The van der Waals surface area contributed by atoms with Crippen molar-refractivity contribution in [2.75, 3.05) is 13.7 Å². The molecule has 0 saturated carbocycles. The molecule has 8 nitrogen and oxygen atoms in total. The monoisotopic (exact) mass is 356 g/mol. The number of aromatic nitrogens is 5. The standard InChI is InChI=1S/C18H24N6O2/c1-18(2,3)14-8-20-16(26-14)11-23-10-12(25-4)7-13(23)17-22-21-15-9-19-5-6-24(15)17/h5-6,8-9,12-13H,7,10-11H2,1-4H3/t12-,13+/m1/s1. The van der Waals surface area contributed by atoms with Crippen molar-refractivity contribution in [3.05, 3.63) is 42.3 Å². The highest BCUT2D eigenvalue weighted by Crippen LogP contribution is 2.34. The molecule has 1 aliphatic heterocycles. The summed E-state index contributed by atoms with van der Waals surface area (Å²) < 4.78 is 13.6. The topological polar surface area (TPSA) is 81.6 Å². The van der Waals surface area contributed by atoms with E-state index in [1.54, 1.807) is 19.5 Å². The average Bonchev–Trinajstić information content (AvgIpc) is 3.32. The number of hydrogen-bond acceptors (Lipinski definition) is 7. The van der Waals surface area contributed by atoms with Crippen LogP contribution in [0.4, 0.5) is 0 Å². The number of hydrogen-bond donors (Lipinski definition) is 0. The van der Waals surface area contributed by atoms with Crippen molar-refractivity contribution in [3.8, 4) is 0 Å². The Balaban J connectivity index is 1.62.